The minimum absolute atomic E-state index is 0.0708. The smallest absolute Gasteiger partial charge is 0.228 e. The molecule has 2 aromatic rings. The van der Waals surface area contributed by atoms with E-state index in [1.165, 1.54) is 12.3 Å². The van der Waals surface area contributed by atoms with Crippen molar-refractivity contribution >= 4 is 35.0 Å². The highest BCUT2D eigenvalue weighted by Gasteiger charge is 2.48. The van der Waals surface area contributed by atoms with Gasteiger partial charge in [0.2, 0.25) is 17.7 Å². The average molecular weight is 548 g/mol. The quantitative estimate of drug-likeness (QED) is 0.473. The standard InChI is InChI=1S/C28H32Cl2FN3O3/c1-17(37-25-6-4-20(29)14-32-25)21-15-34(16-22(21)19-3-5-23(30)24(31)13-19)26(35)18-7-11-33(12-8-18)27(36)28(2)9-10-28/h3-6,13-14,17-18,21-22H,7-12,15-16H2,1-2H3/t17-,21+,22+/m0/s1. The predicted octanol–water partition coefficient (Wildman–Crippen LogP) is 5.58. The maximum atomic E-state index is 14.4. The first-order valence-corrected chi connectivity index (χ1v) is 13.7. The molecular weight excluding hydrogens is 516 g/mol. The summed E-state index contributed by atoms with van der Waals surface area (Å²) in [6.07, 6.45) is 4.50. The van der Waals surface area contributed by atoms with E-state index < -0.39 is 5.82 Å². The number of benzene rings is 1. The first-order chi connectivity index (χ1) is 17.6. The van der Waals surface area contributed by atoms with Gasteiger partial charge in [-0.15, -0.1) is 0 Å². The Kier molecular flexibility index (Phi) is 7.38. The molecule has 198 valence electrons. The number of rotatable bonds is 6. The molecule has 6 nitrogen and oxygen atoms in total. The number of ether oxygens (including phenoxy) is 1. The summed E-state index contributed by atoms with van der Waals surface area (Å²) >= 11 is 11.9. The van der Waals surface area contributed by atoms with Gasteiger partial charge in [-0.05, 0) is 56.4 Å². The van der Waals surface area contributed by atoms with Crippen molar-refractivity contribution in [3.63, 3.8) is 0 Å². The van der Waals surface area contributed by atoms with Crippen molar-refractivity contribution in [1.29, 1.82) is 0 Å². The molecule has 5 rings (SSSR count). The van der Waals surface area contributed by atoms with E-state index in [0.717, 1.165) is 18.4 Å². The molecule has 2 saturated heterocycles. The Balaban J connectivity index is 1.29. The number of pyridine rings is 1. The Bertz CT molecular complexity index is 1170. The summed E-state index contributed by atoms with van der Waals surface area (Å²) < 4.78 is 20.5. The Morgan fingerprint density at radius 2 is 1.84 bits per heavy atom. The summed E-state index contributed by atoms with van der Waals surface area (Å²) in [5, 5.41) is 0.591. The fraction of sp³-hybridized carbons (Fsp3) is 0.536. The zero-order valence-corrected chi connectivity index (χ0v) is 22.6. The lowest BCUT2D eigenvalue weighted by Gasteiger charge is -2.34. The number of nitrogens with zero attached hydrogens (tertiary/aromatic N) is 3. The van der Waals surface area contributed by atoms with Crippen molar-refractivity contribution in [2.75, 3.05) is 26.2 Å². The number of aromatic nitrogens is 1. The molecule has 1 aromatic carbocycles. The molecule has 37 heavy (non-hydrogen) atoms. The van der Waals surface area contributed by atoms with Crippen LogP contribution in [0.15, 0.2) is 36.5 Å². The van der Waals surface area contributed by atoms with Crippen LogP contribution in [0.3, 0.4) is 0 Å². The van der Waals surface area contributed by atoms with Crippen LogP contribution in [0.2, 0.25) is 10.0 Å². The molecular formula is C28H32Cl2FN3O3. The Hall–Kier alpha value is -2.38. The van der Waals surface area contributed by atoms with Crippen LogP contribution in [-0.4, -0.2) is 58.9 Å². The SMILES string of the molecule is C[C@H](Oc1ccc(Cl)cn1)[C@H]1CN(C(=O)C2CCN(C(=O)C3(C)CC3)CC2)C[C@@H]1c1ccc(Cl)c(F)c1. The van der Waals surface area contributed by atoms with Gasteiger partial charge in [-0.25, -0.2) is 9.37 Å². The number of carbonyl (C=O) groups is 2. The van der Waals surface area contributed by atoms with E-state index in [-0.39, 0.29) is 46.1 Å². The summed E-state index contributed by atoms with van der Waals surface area (Å²) in [6, 6.07) is 8.28. The van der Waals surface area contributed by atoms with Crippen molar-refractivity contribution in [1.82, 2.24) is 14.8 Å². The van der Waals surface area contributed by atoms with Crippen molar-refractivity contribution in [2.45, 2.75) is 51.6 Å². The summed E-state index contributed by atoms with van der Waals surface area (Å²) in [6.45, 7) is 6.20. The second-order valence-corrected chi connectivity index (χ2v) is 11.8. The molecule has 0 N–H and O–H groups in total. The summed E-state index contributed by atoms with van der Waals surface area (Å²) in [7, 11) is 0. The largest absolute Gasteiger partial charge is 0.474 e. The average Bonchev–Trinajstić information content (AvgIpc) is 3.49. The van der Waals surface area contributed by atoms with Crippen LogP contribution < -0.4 is 4.74 Å². The van der Waals surface area contributed by atoms with Gasteiger partial charge in [0.05, 0.1) is 10.0 Å². The number of hydrogen-bond acceptors (Lipinski definition) is 4. The van der Waals surface area contributed by atoms with Crippen molar-refractivity contribution in [2.24, 2.45) is 17.3 Å². The molecule has 1 aliphatic carbocycles. The fourth-order valence-electron chi connectivity index (χ4n) is 5.66. The molecule has 3 atom stereocenters. The third kappa shape index (κ3) is 5.58. The summed E-state index contributed by atoms with van der Waals surface area (Å²) in [4.78, 5) is 34.4. The lowest BCUT2D eigenvalue weighted by molar-refractivity contribution is -0.142. The van der Waals surface area contributed by atoms with Gasteiger partial charge < -0.3 is 14.5 Å². The predicted molar refractivity (Wildman–Crippen MR) is 140 cm³/mol. The Morgan fingerprint density at radius 3 is 2.46 bits per heavy atom. The monoisotopic (exact) mass is 547 g/mol. The number of likely N-dealkylation sites (tertiary alicyclic amines) is 2. The van der Waals surface area contributed by atoms with Gasteiger partial charge in [0.15, 0.2) is 0 Å². The maximum Gasteiger partial charge on any atom is 0.228 e. The zero-order chi connectivity index (χ0) is 26.3. The van der Waals surface area contributed by atoms with E-state index in [1.54, 1.807) is 18.2 Å². The number of piperidine rings is 1. The first-order valence-electron chi connectivity index (χ1n) is 13.0. The maximum absolute atomic E-state index is 14.4. The third-order valence-electron chi connectivity index (χ3n) is 8.31. The molecule has 9 heteroatoms. The van der Waals surface area contributed by atoms with Crippen LogP contribution in [0.4, 0.5) is 4.39 Å². The molecule has 3 heterocycles. The van der Waals surface area contributed by atoms with Gasteiger partial charge in [-0.2, -0.15) is 0 Å². The van der Waals surface area contributed by atoms with Crippen LogP contribution in [0.5, 0.6) is 5.88 Å². The van der Waals surface area contributed by atoms with Gasteiger partial charge in [-0.1, -0.05) is 36.2 Å². The van der Waals surface area contributed by atoms with Crippen LogP contribution >= 0.6 is 23.2 Å². The molecule has 3 aliphatic rings. The number of carbonyl (C=O) groups excluding carboxylic acids is 2. The summed E-state index contributed by atoms with van der Waals surface area (Å²) in [5.41, 5.74) is 0.606. The topological polar surface area (TPSA) is 62.7 Å². The lowest BCUT2D eigenvalue weighted by Crippen LogP contribution is -2.46. The van der Waals surface area contributed by atoms with E-state index >= 15 is 0 Å². The molecule has 2 aliphatic heterocycles. The van der Waals surface area contributed by atoms with Crippen LogP contribution in [0.1, 0.15) is 51.0 Å². The molecule has 0 unspecified atom stereocenters. The van der Waals surface area contributed by atoms with E-state index in [9.17, 15) is 14.0 Å². The van der Waals surface area contributed by atoms with E-state index in [4.69, 9.17) is 27.9 Å². The lowest BCUT2D eigenvalue weighted by atomic mass is 9.85. The van der Waals surface area contributed by atoms with Crippen LogP contribution in [-0.2, 0) is 9.59 Å². The van der Waals surface area contributed by atoms with Gasteiger partial charge in [0, 0.05) is 61.6 Å². The molecule has 0 bridgehead atoms. The van der Waals surface area contributed by atoms with E-state index in [1.807, 2.05) is 29.7 Å². The van der Waals surface area contributed by atoms with Gasteiger partial charge >= 0.3 is 0 Å². The second-order valence-electron chi connectivity index (χ2n) is 11.0. The molecule has 3 fully saturated rings. The minimum Gasteiger partial charge on any atom is -0.474 e. The van der Waals surface area contributed by atoms with Gasteiger partial charge in [-0.3, -0.25) is 9.59 Å². The normalized spacial score (nSPS) is 24.1. The highest BCUT2D eigenvalue weighted by molar-refractivity contribution is 6.30. The fourth-order valence-corrected chi connectivity index (χ4v) is 5.89. The van der Waals surface area contributed by atoms with E-state index in [2.05, 4.69) is 4.98 Å². The Labute approximate surface area is 227 Å². The summed E-state index contributed by atoms with van der Waals surface area (Å²) in [5.74, 6) is -0.00423. The Morgan fingerprint density at radius 1 is 1.11 bits per heavy atom. The van der Waals surface area contributed by atoms with Gasteiger partial charge in [0.1, 0.15) is 11.9 Å². The number of halogens is 3. The number of hydrogen-bond donors (Lipinski definition) is 0. The van der Waals surface area contributed by atoms with Crippen LogP contribution in [0, 0.1) is 23.1 Å². The van der Waals surface area contributed by atoms with Gasteiger partial charge in [0.25, 0.3) is 0 Å². The highest BCUT2D eigenvalue weighted by atomic mass is 35.5. The molecule has 2 amide bonds. The molecule has 1 aromatic heterocycles. The van der Waals surface area contributed by atoms with Crippen molar-refractivity contribution in [3.05, 3.63) is 58.0 Å². The van der Waals surface area contributed by atoms with Crippen molar-refractivity contribution in [3.8, 4) is 5.88 Å². The second kappa shape index (κ2) is 10.4. The third-order valence-corrected chi connectivity index (χ3v) is 8.84. The van der Waals surface area contributed by atoms with Crippen LogP contribution in [0.25, 0.3) is 0 Å². The zero-order valence-electron chi connectivity index (χ0n) is 21.1. The minimum atomic E-state index is -0.475. The highest BCUT2D eigenvalue weighted by Crippen LogP contribution is 2.47. The molecule has 1 saturated carbocycles. The van der Waals surface area contributed by atoms with Crippen molar-refractivity contribution < 1.29 is 18.7 Å². The van der Waals surface area contributed by atoms with E-state index in [0.29, 0.717) is 49.9 Å². The number of amides is 2. The molecule has 0 spiro atoms. The first kappa shape index (κ1) is 26.2. The molecule has 0 radical (unpaired) electrons.